The summed E-state index contributed by atoms with van der Waals surface area (Å²) in [6.45, 7) is 1.57. The largest absolute Gasteiger partial charge is 0.491 e. The summed E-state index contributed by atoms with van der Waals surface area (Å²) in [7, 11) is 3.46. The number of nitrogens with one attached hydrogen (secondary N) is 1. The van der Waals surface area contributed by atoms with Gasteiger partial charge < -0.3 is 15.2 Å². The second-order valence-electron chi connectivity index (χ2n) is 7.54. The number of hydrogen-bond acceptors (Lipinski definition) is 5. The Morgan fingerprint density at radius 1 is 1.00 bits per heavy atom. The van der Waals surface area contributed by atoms with E-state index in [1.54, 1.807) is 29.4 Å². The second kappa shape index (κ2) is 9.16. The van der Waals surface area contributed by atoms with E-state index in [9.17, 15) is 9.90 Å². The first kappa shape index (κ1) is 20.8. The van der Waals surface area contributed by atoms with Crippen molar-refractivity contribution in [2.45, 2.75) is 19.2 Å². The highest BCUT2D eigenvalue weighted by atomic mass is 16.5. The number of pyridine rings is 1. The van der Waals surface area contributed by atoms with Crippen LogP contribution in [0.15, 0.2) is 71.7 Å². The molecular formula is C24H26N4O3. The molecule has 4 rings (SSSR count). The fourth-order valence-corrected chi connectivity index (χ4v) is 3.54. The molecule has 0 saturated carbocycles. The molecule has 0 unspecified atom stereocenters. The van der Waals surface area contributed by atoms with Gasteiger partial charge in [0.2, 0.25) is 0 Å². The molecule has 2 aromatic carbocycles. The minimum Gasteiger partial charge on any atom is -0.491 e. The van der Waals surface area contributed by atoms with Gasteiger partial charge in [0.15, 0.2) is 0 Å². The lowest BCUT2D eigenvalue weighted by molar-refractivity contribution is 0.108. The van der Waals surface area contributed by atoms with E-state index in [-0.39, 0.29) is 12.3 Å². The summed E-state index contributed by atoms with van der Waals surface area (Å²) >= 11 is 0. The van der Waals surface area contributed by atoms with Crippen molar-refractivity contribution in [1.29, 1.82) is 0 Å². The Balaban J connectivity index is 1.32. The quantitative estimate of drug-likeness (QED) is 0.460. The predicted octanol–water partition coefficient (Wildman–Crippen LogP) is 2.67. The normalized spacial score (nSPS) is 12.2. The number of nitrogens with zero attached hydrogens (tertiary/aromatic N) is 3. The third kappa shape index (κ3) is 4.68. The maximum Gasteiger partial charge on any atom is 0.328 e. The zero-order valence-electron chi connectivity index (χ0n) is 17.7. The SMILES string of the molecule is Cn1c(=O)n(C)c2cc([C@H](O)COc3ccc(CNCc4ccccn4)cc3)ccc21. The molecule has 0 aliphatic carbocycles. The molecule has 0 spiro atoms. The average Bonchev–Trinajstić information content (AvgIpc) is 3.02. The van der Waals surface area contributed by atoms with Crippen molar-refractivity contribution in [3.8, 4) is 5.75 Å². The number of aryl methyl sites for hydroxylation is 2. The monoisotopic (exact) mass is 418 g/mol. The Morgan fingerprint density at radius 2 is 1.77 bits per heavy atom. The summed E-state index contributed by atoms with van der Waals surface area (Å²) in [5.41, 5.74) is 4.38. The van der Waals surface area contributed by atoms with Gasteiger partial charge in [0.1, 0.15) is 18.5 Å². The van der Waals surface area contributed by atoms with Crippen LogP contribution in [0, 0.1) is 0 Å². The van der Waals surface area contributed by atoms with E-state index < -0.39 is 6.10 Å². The van der Waals surface area contributed by atoms with Crippen LogP contribution in [-0.4, -0.2) is 25.8 Å². The first-order chi connectivity index (χ1) is 15.0. The van der Waals surface area contributed by atoms with E-state index in [0.717, 1.165) is 28.8 Å². The van der Waals surface area contributed by atoms with E-state index in [1.807, 2.05) is 60.7 Å². The summed E-state index contributed by atoms with van der Waals surface area (Å²) in [4.78, 5) is 16.4. The molecule has 2 heterocycles. The minimum atomic E-state index is -0.792. The molecule has 7 heteroatoms. The average molecular weight is 418 g/mol. The lowest BCUT2D eigenvalue weighted by Crippen LogP contribution is -2.19. The van der Waals surface area contributed by atoms with Crippen LogP contribution in [-0.2, 0) is 27.2 Å². The highest BCUT2D eigenvalue weighted by molar-refractivity contribution is 5.76. The highest BCUT2D eigenvalue weighted by Crippen LogP contribution is 2.21. The number of benzene rings is 2. The van der Waals surface area contributed by atoms with Crippen LogP contribution in [0.5, 0.6) is 5.75 Å². The molecule has 0 amide bonds. The molecule has 160 valence electrons. The number of aromatic nitrogens is 3. The Labute approximate surface area is 180 Å². The fraction of sp³-hybridized carbons (Fsp3) is 0.250. The van der Waals surface area contributed by atoms with Crippen LogP contribution in [0.2, 0.25) is 0 Å². The standard InChI is InChI=1S/C24H26N4O3/c1-27-21-11-8-18(13-22(21)28(2)24(27)30)23(29)16-31-20-9-6-17(7-10-20)14-25-15-19-5-3-4-12-26-19/h3-13,23,25,29H,14-16H2,1-2H3/t23-/m1/s1. The summed E-state index contributed by atoms with van der Waals surface area (Å²) in [5.74, 6) is 0.695. The molecule has 0 radical (unpaired) electrons. The van der Waals surface area contributed by atoms with E-state index >= 15 is 0 Å². The van der Waals surface area contributed by atoms with Crippen molar-refractivity contribution in [3.05, 3.63) is 94.2 Å². The van der Waals surface area contributed by atoms with Crippen molar-refractivity contribution in [2.24, 2.45) is 14.1 Å². The van der Waals surface area contributed by atoms with Gasteiger partial charge in [-0.2, -0.15) is 0 Å². The van der Waals surface area contributed by atoms with Crippen molar-refractivity contribution in [3.63, 3.8) is 0 Å². The van der Waals surface area contributed by atoms with Crippen LogP contribution in [0.4, 0.5) is 0 Å². The van der Waals surface area contributed by atoms with Crippen molar-refractivity contribution in [2.75, 3.05) is 6.61 Å². The van der Waals surface area contributed by atoms with Gasteiger partial charge in [0.25, 0.3) is 0 Å². The summed E-state index contributed by atoms with van der Waals surface area (Å²) in [5, 5.41) is 13.9. The Kier molecular flexibility index (Phi) is 6.16. The van der Waals surface area contributed by atoms with Crippen LogP contribution in [0.3, 0.4) is 0 Å². The van der Waals surface area contributed by atoms with Crippen LogP contribution in [0.1, 0.15) is 22.9 Å². The van der Waals surface area contributed by atoms with Gasteiger partial charge in [-0.25, -0.2) is 4.79 Å². The molecular weight excluding hydrogens is 392 g/mol. The minimum absolute atomic E-state index is 0.0903. The number of imidazole rings is 1. The van der Waals surface area contributed by atoms with Crippen LogP contribution >= 0.6 is 0 Å². The predicted molar refractivity (Wildman–Crippen MR) is 120 cm³/mol. The number of aliphatic hydroxyl groups is 1. The molecule has 7 nitrogen and oxygen atoms in total. The maximum atomic E-state index is 12.1. The Morgan fingerprint density at radius 3 is 2.52 bits per heavy atom. The zero-order chi connectivity index (χ0) is 21.8. The molecule has 2 aromatic heterocycles. The van der Waals surface area contributed by atoms with E-state index in [2.05, 4.69) is 10.3 Å². The fourth-order valence-electron chi connectivity index (χ4n) is 3.54. The summed E-state index contributed by atoms with van der Waals surface area (Å²) in [6.07, 6.45) is 0.996. The second-order valence-corrected chi connectivity index (χ2v) is 7.54. The zero-order valence-corrected chi connectivity index (χ0v) is 17.7. The Hall–Kier alpha value is -3.42. The Bertz CT molecular complexity index is 1210. The first-order valence-corrected chi connectivity index (χ1v) is 10.2. The smallest absolute Gasteiger partial charge is 0.328 e. The molecule has 0 aliphatic rings. The highest BCUT2D eigenvalue weighted by Gasteiger charge is 2.13. The van der Waals surface area contributed by atoms with Crippen LogP contribution in [0.25, 0.3) is 11.0 Å². The molecule has 0 saturated heterocycles. The number of rotatable bonds is 8. The maximum absolute atomic E-state index is 12.1. The summed E-state index contributed by atoms with van der Waals surface area (Å²) in [6, 6.07) is 19.2. The van der Waals surface area contributed by atoms with Gasteiger partial charge >= 0.3 is 5.69 Å². The number of hydrogen-bond donors (Lipinski definition) is 2. The van der Waals surface area contributed by atoms with E-state index in [1.165, 1.54) is 0 Å². The number of fused-ring (bicyclic) bond motifs is 1. The van der Waals surface area contributed by atoms with E-state index in [0.29, 0.717) is 17.9 Å². The lowest BCUT2D eigenvalue weighted by atomic mass is 10.1. The third-order valence-electron chi connectivity index (χ3n) is 5.37. The van der Waals surface area contributed by atoms with E-state index in [4.69, 9.17) is 4.74 Å². The third-order valence-corrected chi connectivity index (χ3v) is 5.37. The molecule has 4 aromatic rings. The molecule has 31 heavy (non-hydrogen) atoms. The molecule has 1 atom stereocenters. The van der Waals surface area contributed by atoms with Crippen LogP contribution < -0.4 is 15.7 Å². The molecule has 0 bridgehead atoms. The van der Waals surface area contributed by atoms with Crippen molar-refractivity contribution >= 4 is 11.0 Å². The van der Waals surface area contributed by atoms with Gasteiger partial charge in [-0.15, -0.1) is 0 Å². The molecule has 0 aliphatic heterocycles. The van der Waals surface area contributed by atoms with Crippen molar-refractivity contribution < 1.29 is 9.84 Å². The van der Waals surface area contributed by atoms with Crippen molar-refractivity contribution in [1.82, 2.24) is 19.4 Å². The van der Waals surface area contributed by atoms with Gasteiger partial charge in [-0.05, 0) is 47.5 Å². The lowest BCUT2D eigenvalue weighted by Gasteiger charge is -2.13. The number of ether oxygens (including phenoxy) is 1. The molecule has 2 N–H and O–H groups in total. The number of aliphatic hydroxyl groups excluding tert-OH is 1. The van der Waals surface area contributed by atoms with Gasteiger partial charge in [-0.1, -0.05) is 24.3 Å². The molecule has 0 fully saturated rings. The summed E-state index contributed by atoms with van der Waals surface area (Å²) < 4.78 is 8.94. The topological polar surface area (TPSA) is 81.3 Å². The first-order valence-electron chi connectivity index (χ1n) is 10.2. The van der Waals surface area contributed by atoms with Gasteiger partial charge in [0, 0.05) is 33.4 Å². The van der Waals surface area contributed by atoms with Gasteiger partial charge in [-0.3, -0.25) is 14.1 Å². The van der Waals surface area contributed by atoms with Gasteiger partial charge in [0.05, 0.1) is 16.7 Å².